The minimum Gasteiger partial charge on any atom is -0.294 e. The predicted octanol–water partition coefficient (Wildman–Crippen LogP) is 4.39. The van der Waals surface area contributed by atoms with Crippen molar-refractivity contribution in [3.63, 3.8) is 0 Å². The van der Waals surface area contributed by atoms with E-state index in [-0.39, 0.29) is 16.4 Å². The van der Waals surface area contributed by atoms with Gasteiger partial charge in [0.25, 0.3) is 0 Å². The van der Waals surface area contributed by atoms with Crippen LogP contribution in [0.25, 0.3) is 0 Å². The van der Waals surface area contributed by atoms with Gasteiger partial charge in [-0.05, 0) is 24.2 Å². The smallest absolute Gasteiger partial charge is 0.0768 e. The second-order valence-electron chi connectivity index (χ2n) is 7.31. The molecule has 0 radical (unpaired) electrons. The van der Waals surface area contributed by atoms with E-state index in [1.54, 1.807) is 0 Å². The van der Waals surface area contributed by atoms with Crippen LogP contribution in [-0.2, 0) is 0 Å². The molecule has 0 saturated carbocycles. The first-order valence-electron chi connectivity index (χ1n) is 6.55. The van der Waals surface area contributed by atoms with Crippen molar-refractivity contribution in [2.75, 3.05) is 6.54 Å². The van der Waals surface area contributed by atoms with E-state index in [2.05, 4.69) is 66.6 Å². The summed E-state index contributed by atoms with van der Waals surface area (Å²) in [4.78, 5) is 9.27. The second-order valence-corrected chi connectivity index (χ2v) is 7.31. The Hall–Kier alpha value is -0.660. The fourth-order valence-electron chi connectivity index (χ4n) is 1.11. The van der Waals surface area contributed by atoms with Gasteiger partial charge in [0.2, 0.25) is 0 Å². The molecule has 0 aromatic carbocycles. The highest BCUT2D eigenvalue weighted by Crippen LogP contribution is 2.19. The summed E-state index contributed by atoms with van der Waals surface area (Å²) in [6.07, 6.45) is 5.11. The first kappa shape index (κ1) is 16.3. The number of hydrogen-bond acceptors (Lipinski definition) is 2. The van der Waals surface area contributed by atoms with E-state index >= 15 is 0 Å². The Kier molecular flexibility index (Phi) is 5.57. The fraction of sp³-hybridized carbons (Fsp3) is 0.867. The largest absolute Gasteiger partial charge is 0.294 e. The number of hydrogen-bond donors (Lipinski definition) is 0. The van der Waals surface area contributed by atoms with Gasteiger partial charge in [0.1, 0.15) is 0 Å². The summed E-state index contributed by atoms with van der Waals surface area (Å²) in [5.41, 5.74) is 0.238. The predicted molar refractivity (Wildman–Crippen MR) is 79.5 cm³/mol. The highest BCUT2D eigenvalue weighted by molar-refractivity contribution is 5.65. The van der Waals surface area contributed by atoms with Crippen molar-refractivity contribution < 1.29 is 0 Å². The molecule has 0 fully saturated rings. The molecule has 17 heavy (non-hydrogen) atoms. The van der Waals surface area contributed by atoms with Crippen LogP contribution < -0.4 is 0 Å². The van der Waals surface area contributed by atoms with Gasteiger partial charge in [0.15, 0.2) is 0 Å². The average Bonchev–Trinajstić information content (AvgIpc) is 2.12. The molecule has 0 heterocycles. The van der Waals surface area contributed by atoms with Crippen LogP contribution in [0.2, 0.25) is 0 Å². The zero-order chi connectivity index (χ0) is 13.7. The minimum atomic E-state index is -0.0605. The Labute approximate surface area is 108 Å². The number of nitrogens with zero attached hydrogens (tertiary/aromatic N) is 2. The summed E-state index contributed by atoms with van der Waals surface area (Å²) < 4.78 is 0. The standard InChI is InChI=1S/C15H30N2/c1-9-15(8,17-11-14(5,6)7)12-16-10-13(2,3)4/h10-11H,9,12H2,1-8H3/b16-10+,17-11+. The van der Waals surface area contributed by atoms with Crippen molar-refractivity contribution in [1.82, 2.24) is 0 Å². The van der Waals surface area contributed by atoms with Gasteiger partial charge in [-0.3, -0.25) is 9.98 Å². The van der Waals surface area contributed by atoms with Crippen molar-refractivity contribution in [3.05, 3.63) is 0 Å². The summed E-state index contributed by atoms with van der Waals surface area (Å²) in [7, 11) is 0. The monoisotopic (exact) mass is 238 g/mol. The summed E-state index contributed by atoms with van der Waals surface area (Å²) >= 11 is 0. The lowest BCUT2D eigenvalue weighted by molar-refractivity contribution is 0.460. The third-order valence-electron chi connectivity index (χ3n) is 2.44. The number of rotatable bonds is 4. The molecule has 0 saturated heterocycles. The molecule has 2 nitrogen and oxygen atoms in total. The Morgan fingerprint density at radius 1 is 0.824 bits per heavy atom. The summed E-state index contributed by atoms with van der Waals surface area (Å²) in [6, 6.07) is 0. The van der Waals surface area contributed by atoms with Gasteiger partial charge >= 0.3 is 0 Å². The van der Waals surface area contributed by atoms with E-state index in [1.165, 1.54) is 0 Å². The van der Waals surface area contributed by atoms with Gasteiger partial charge < -0.3 is 0 Å². The Morgan fingerprint density at radius 2 is 1.29 bits per heavy atom. The van der Waals surface area contributed by atoms with Crippen LogP contribution in [0.15, 0.2) is 9.98 Å². The molecule has 0 aromatic rings. The molecule has 0 amide bonds. The van der Waals surface area contributed by atoms with Crippen molar-refractivity contribution in [2.24, 2.45) is 20.8 Å². The van der Waals surface area contributed by atoms with Crippen molar-refractivity contribution >= 4 is 12.4 Å². The van der Waals surface area contributed by atoms with Crippen molar-refractivity contribution in [3.8, 4) is 0 Å². The second kappa shape index (κ2) is 5.79. The van der Waals surface area contributed by atoms with E-state index in [0.29, 0.717) is 0 Å². The fourth-order valence-corrected chi connectivity index (χ4v) is 1.11. The van der Waals surface area contributed by atoms with Crippen LogP contribution in [0.1, 0.15) is 61.8 Å². The lowest BCUT2D eigenvalue weighted by atomic mass is 9.95. The molecule has 0 aliphatic rings. The molecule has 0 rings (SSSR count). The lowest BCUT2D eigenvalue weighted by Crippen LogP contribution is -2.27. The molecule has 0 N–H and O–H groups in total. The zero-order valence-electron chi connectivity index (χ0n) is 13.0. The van der Waals surface area contributed by atoms with Gasteiger partial charge in [0.05, 0.1) is 12.1 Å². The summed E-state index contributed by atoms with van der Waals surface area (Å²) in [5.74, 6) is 0. The third kappa shape index (κ3) is 9.08. The van der Waals surface area contributed by atoms with Crippen LogP contribution in [0, 0.1) is 10.8 Å². The molecule has 1 atom stereocenters. The van der Waals surface area contributed by atoms with Gasteiger partial charge in [-0.2, -0.15) is 0 Å². The summed E-state index contributed by atoms with van der Waals surface area (Å²) in [5, 5.41) is 0. The average molecular weight is 238 g/mol. The quantitative estimate of drug-likeness (QED) is 0.649. The molecule has 1 unspecified atom stereocenters. The van der Waals surface area contributed by atoms with Crippen LogP contribution >= 0.6 is 0 Å². The summed E-state index contributed by atoms with van der Waals surface area (Å²) in [6.45, 7) is 18.1. The molecule has 100 valence electrons. The Morgan fingerprint density at radius 3 is 1.65 bits per heavy atom. The van der Waals surface area contributed by atoms with E-state index in [1.807, 2.05) is 6.21 Å². The van der Waals surface area contributed by atoms with E-state index in [4.69, 9.17) is 4.99 Å². The SMILES string of the molecule is CCC(C)(C/N=C/C(C)(C)C)/N=C/C(C)(C)C. The first-order chi connectivity index (χ1) is 7.47. The lowest BCUT2D eigenvalue weighted by Gasteiger charge is -2.24. The number of aliphatic imine (C=N–C) groups is 2. The third-order valence-corrected chi connectivity index (χ3v) is 2.44. The highest BCUT2D eigenvalue weighted by atomic mass is 14.9. The van der Waals surface area contributed by atoms with Crippen molar-refractivity contribution in [1.29, 1.82) is 0 Å². The molecule has 0 aromatic heterocycles. The van der Waals surface area contributed by atoms with Crippen molar-refractivity contribution in [2.45, 2.75) is 67.3 Å². The maximum absolute atomic E-state index is 4.73. The van der Waals surface area contributed by atoms with Gasteiger partial charge in [-0.25, -0.2) is 0 Å². The van der Waals surface area contributed by atoms with Gasteiger partial charge in [-0.15, -0.1) is 0 Å². The first-order valence-corrected chi connectivity index (χ1v) is 6.55. The molecular weight excluding hydrogens is 208 g/mol. The van der Waals surface area contributed by atoms with Crippen LogP contribution in [0.4, 0.5) is 0 Å². The van der Waals surface area contributed by atoms with E-state index < -0.39 is 0 Å². The maximum atomic E-state index is 4.73. The molecule has 2 heteroatoms. The highest BCUT2D eigenvalue weighted by Gasteiger charge is 2.20. The molecule has 0 bridgehead atoms. The van der Waals surface area contributed by atoms with E-state index in [9.17, 15) is 0 Å². The minimum absolute atomic E-state index is 0.0605. The topological polar surface area (TPSA) is 24.7 Å². The van der Waals surface area contributed by atoms with Gasteiger partial charge in [0, 0.05) is 12.4 Å². The molecule has 0 spiro atoms. The molecule has 0 aliphatic carbocycles. The van der Waals surface area contributed by atoms with Crippen LogP contribution in [-0.4, -0.2) is 24.5 Å². The maximum Gasteiger partial charge on any atom is 0.0768 e. The molecule has 0 aliphatic heterocycles. The molecular formula is C15H30N2. The van der Waals surface area contributed by atoms with Crippen LogP contribution in [0.5, 0.6) is 0 Å². The Bertz CT molecular complexity index is 276. The zero-order valence-corrected chi connectivity index (χ0v) is 13.0. The van der Waals surface area contributed by atoms with E-state index in [0.717, 1.165) is 13.0 Å². The van der Waals surface area contributed by atoms with Gasteiger partial charge in [-0.1, -0.05) is 48.5 Å². The Balaban J connectivity index is 4.60. The normalized spacial score (nSPS) is 17.9. The van der Waals surface area contributed by atoms with Crippen LogP contribution in [0.3, 0.4) is 0 Å².